The van der Waals surface area contributed by atoms with Crippen LogP contribution in [0.25, 0.3) is 0 Å². The molecule has 3 heterocycles. The molecule has 0 unspecified atom stereocenters. The van der Waals surface area contributed by atoms with Gasteiger partial charge in [-0.2, -0.15) is 0 Å². The summed E-state index contributed by atoms with van der Waals surface area (Å²) in [4.78, 5) is 32.9. The Hall–Kier alpha value is -2.86. The number of amides is 2. The number of benzene rings is 2. The first-order valence-corrected chi connectivity index (χ1v) is 13.0. The molecule has 6 heteroatoms. The van der Waals surface area contributed by atoms with Gasteiger partial charge in [-0.25, -0.2) is 4.79 Å². The van der Waals surface area contributed by atoms with Crippen molar-refractivity contribution in [2.45, 2.75) is 71.2 Å². The Morgan fingerprint density at radius 1 is 0.914 bits per heavy atom. The molecule has 2 aromatic carbocycles. The van der Waals surface area contributed by atoms with Crippen molar-refractivity contribution in [3.8, 4) is 0 Å². The van der Waals surface area contributed by atoms with Gasteiger partial charge in [0.1, 0.15) is 5.60 Å². The summed E-state index contributed by atoms with van der Waals surface area (Å²) in [5, 5.41) is 0. The zero-order chi connectivity index (χ0) is 24.6. The van der Waals surface area contributed by atoms with E-state index >= 15 is 0 Å². The predicted molar refractivity (Wildman–Crippen MR) is 136 cm³/mol. The molecule has 186 valence electrons. The molecule has 0 radical (unpaired) electrons. The number of carbonyl (C=O) groups is 2. The molecule has 1 fully saturated rings. The van der Waals surface area contributed by atoms with Gasteiger partial charge in [-0.1, -0.05) is 30.3 Å². The van der Waals surface area contributed by atoms with E-state index in [0.29, 0.717) is 25.2 Å². The van der Waals surface area contributed by atoms with E-state index in [1.54, 1.807) is 4.90 Å². The van der Waals surface area contributed by atoms with Crippen LogP contribution < -0.4 is 0 Å². The molecular weight excluding hydrogens is 438 g/mol. The summed E-state index contributed by atoms with van der Waals surface area (Å²) in [6, 6.07) is 14.7. The van der Waals surface area contributed by atoms with Crippen molar-refractivity contribution in [3.05, 3.63) is 70.3 Å². The van der Waals surface area contributed by atoms with Crippen LogP contribution in [0.1, 0.15) is 66.2 Å². The summed E-state index contributed by atoms with van der Waals surface area (Å²) in [5.41, 5.74) is 5.04. The smallest absolute Gasteiger partial charge is 0.410 e. The lowest BCUT2D eigenvalue weighted by atomic mass is 9.92. The molecule has 1 atom stereocenters. The lowest BCUT2D eigenvalue weighted by molar-refractivity contribution is 0.0224. The minimum atomic E-state index is -0.524. The molecule has 2 aromatic rings. The Balaban J connectivity index is 1.37. The molecule has 0 spiro atoms. The van der Waals surface area contributed by atoms with Crippen molar-refractivity contribution >= 4 is 12.0 Å². The first kappa shape index (κ1) is 23.9. The van der Waals surface area contributed by atoms with E-state index < -0.39 is 5.60 Å². The maximum Gasteiger partial charge on any atom is 0.410 e. The SMILES string of the molecule is CC(C)(C)OC(=O)N1CCc2ccc(C(=O)N3Cc4ccccc4C[C@H]3CN3CCCC3)cc2C1. The third-order valence-electron chi connectivity index (χ3n) is 7.40. The van der Waals surface area contributed by atoms with Crippen LogP contribution in [-0.4, -0.2) is 64.5 Å². The standard InChI is InChI=1S/C29H37N3O3/c1-29(2,3)35-28(34)31-15-12-21-10-11-23(16-25(21)18-31)27(33)32-19-24-9-5-4-8-22(24)17-26(32)20-30-13-6-7-14-30/h4-5,8-11,16,26H,6-7,12-15,17-20H2,1-3H3/t26-/m0/s1. The maximum absolute atomic E-state index is 13.9. The van der Waals surface area contributed by atoms with E-state index in [-0.39, 0.29) is 18.0 Å². The van der Waals surface area contributed by atoms with Crippen LogP contribution >= 0.6 is 0 Å². The highest BCUT2D eigenvalue weighted by Gasteiger charge is 2.33. The second-order valence-corrected chi connectivity index (χ2v) is 11.2. The molecule has 35 heavy (non-hydrogen) atoms. The Labute approximate surface area is 208 Å². The van der Waals surface area contributed by atoms with Gasteiger partial charge < -0.3 is 19.4 Å². The molecular formula is C29H37N3O3. The van der Waals surface area contributed by atoms with E-state index in [9.17, 15) is 9.59 Å². The average Bonchev–Trinajstić information content (AvgIpc) is 3.34. The molecule has 3 aliphatic rings. The quantitative estimate of drug-likeness (QED) is 0.649. The van der Waals surface area contributed by atoms with Crippen molar-refractivity contribution in [2.24, 2.45) is 0 Å². The third-order valence-corrected chi connectivity index (χ3v) is 7.40. The molecule has 0 bridgehead atoms. The van der Waals surface area contributed by atoms with Crippen LogP contribution in [0.4, 0.5) is 4.79 Å². The summed E-state index contributed by atoms with van der Waals surface area (Å²) in [6.45, 7) is 10.6. The highest BCUT2D eigenvalue weighted by molar-refractivity contribution is 5.95. The van der Waals surface area contributed by atoms with Crippen molar-refractivity contribution in [2.75, 3.05) is 26.2 Å². The van der Waals surface area contributed by atoms with Crippen molar-refractivity contribution in [1.29, 1.82) is 0 Å². The van der Waals surface area contributed by atoms with Gasteiger partial charge in [0.25, 0.3) is 5.91 Å². The lowest BCUT2D eigenvalue weighted by Crippen LogP contribution is -2.49. The predicted octanol–water partition coefficient (Wildman–Crippen LogP) is 4.64. The zero-order valence-corrected chi connectivity index (χ0v) is 21.3. The lowest BCUT2D eigenvalue weighted by Gasteiger charge is -2.39. The number of carbonyl (C=O) groups excluding carboxylic acids is 2. The Morgan fingerprint density at radius 3 is 2.40 bits per heavy atom. The van der Waals surface area contributed by atoms with Gasteiger partial charge >= 0.3 is 6.09 Å². The van der Waals surface area contributed by atoms with Gasteiger partial charge in [0.05, 0.1) is 0 Å². The van der Waals surface area contributed by atoms with Gasteiger partial charge in [0.2, 0.25) is 0 Å². The first-order valence-electron chi connectivity index (χ1n) is 13.0. The number of ether oxygens (including phenoxy) is 1. The molecule has 0 aliphatic carbocycles. The molecule has 0 N–H and O–H groups in total. The van der Waals surface area contributed by atoms with E-state index in [4.69, 9.17) is 4.74 Å². The van der Waals surface area contributed by atoms with Crippen molar-refractivity contribution < 1.29 is 14.3 Å². The summed E-state index contributed by atoms with van der Waals surface area (Å²) in [7, 11) is 0. The van der Waals surface area contributed by atoms with E-state index in [0.717, 1.165) is 38.0 Å². The molecule has 0 saturated carbocycles. The highest BCUT2D eigenvalue weighted by atomic mass is 16.6. The maximum atomic E-state index is 13.9. The Morgan fingerprint density at radius 2 is 1.66 bits per heavy atom. The van der Waals surface area contributed by atoms with Crippen molar-refractivity contribution in [3.63, 3.8) is 0 Å². The summed E-state index contributed by atoms with van der Waals surface area (Å²) >= 11 is 0. The molecule has 0 aromatic heterocycles. The fourth-order valence-corrected chi connectivity index (χ4v) is 5.59. The first-order chi connectivity index (χ1) is 16.8. The van der Waals surface area contributed by atoms with Gasteiger partial charge in [-0.05, 0) is 93.9 Å². The molecule has 6 nitrogen and oxygen atoms in total. The number of hydrogen-bond donors (Lipinski definition) is 0. The van der Waals surface area contributed by atoms with Crippen LogP contribution in [0.5, 0.6) is 0 Å². The average molecular weight is 476 g/mol. The normalized spacial score (nSPS) is 20.4. The van der Waals surface area contributed by atoms with Crippen LogP contribution in [0.3, 0.4) is 0 Å². The largest absolute Gasteiger partial charge is 0.444 e. The van der Waals surface area contributed by atoms with Crippen LogP contribution in [0.2, 0.25) is 0 Å². The van der Waals surface area contributed by atoms with Gasteiger partial charge in [0, 0.05) is 37.8 Å². The molecule has 1 saturated heterocycles. The van der Waals surface area contributed by atoms with E-state index in [2.05, 4.69) is 40.1 Å². The number of nitrogens with zero attached hydrogens (tertiary/aromatic N) is 3. The second-order valence-electron chi connectivity index (χ2n) is 11.2. The van der Waals surface area contributed by atoms with Crippen LogP contribution in [-0.2, 0) is 30.7 Å². The fraction of sp³-hybridized carbons (Fsp3) is 0.517. The molecule has 5 rings (SSSR count). The highest BCUT2D eigenvalue weighted by Crippen LogP contribution is 2.28. The van der Waals surface area contributed by atoms with Crippen molar-refractivity contribution in [1.82, 2.24) is 14.7 Å². The summed E-state index contributed by atoms with van der Waals surface area (Å²) in [5.74, 6) is 0.0842. The topological polar surface area (TPSA) is 53.1 Å². The molecule has 2 amide bonds. The minimum absolute atomic E-state index is 0.0842. The number of likely N-dealkylation sites (tertiary alicyclic amines) is 1. The van der Waals surface area contributed by atoms with Gasteiger partial charge in [-0.3, -0.25) is 4.79 Å². The van der Waals surface area contributed by atoms with Crippen LogP contribution in [0.15, 0.2) is 42.5 Å². The summed E-state index contributed by atoms with van der Waals surface area (Å²) < 4.78 is 5.58. The zero-order valence-electron chi connectivity index (χ0n) is 21.3. The monoisotopic (exact) mass is 475 g/mol. The second kappa shape index (κ2) is 9.65. The Kier molecular flexibility index (Phi) is 6.58. The van der Waals surface area contributed by atoms with E-state index in [1.165, 1.54) is 29.5 Å². The number of rotatable bonds is 3. The van der Waals surface area contributed by atoms with E-state index in [1.807, 2.05) is 32.9 Å². The van der Waals surface area contributed by atoms with Gasteiger partial charge in [-0.15, -0.1) is 0 Å². The number of hydrogen-bond acceptors (Lipinski definition) is 4. The Bertz CT molecular complexity index is 1100. The molecule has 3 aliphatic heterocycles. The minimum Gasteiger partial charge on any atom is -0.444 e. The van der Waals surface area contributed by atoms with Crippen LogP contribution in [0, 0.1) is 0 Å². The third kappa shape index (κ3) is 5.37. The van der Waals surface area contributed by atoms with Gasteiger partial charge in [0.15, 0.2) is 0 Å². The number of fused-ring (bicyclic) bond motifs is 2. The summed E-state index contributed by atoms with van der Waals surface area (Å²) in [6.07, 6.45) is 3.87. The fourth-order valence-electron chi connectivity index (χ4n) is 5.59.